The third kappa shape index (κ3) is 2.74. The number of benzene rings is 5. The number of terminal acetylenes is 1. The molecule has 2 aliphatic heterocycles. The second kappa shape index (κ2) is 7.57. The molecule has 0 saturated carbocycles. The maximum Gasteiger partial charge on any atom is 0.252 e. The van der Waals surface area contributed by atoms with Gasteiger partial charge in [-0.15, -0.1) is 22.7 Å². The average molecular weight is 533 g/mol. The van der Waals surface area contributed by atoms with Gasteiger partial charge < -0.3 is 14.5 Å². The molecule has 0 aliphatic carbocycles. The molecule has 182 valence electrons. The fraction of sp³-hybridized carbons (Fsp3) is 0.0303. The summed E-state index contributed by atoms with van der Waals surface area (Å²) < 4.78 is 10.2. The van der Waals surface area contributed by atoms with Crippen LogP contribution in [0, 0.1) is 19.4 Å². The monoisotopic (exact) mass is 533 g/mol. The number of aryl methyl sites for hydroxylation is 1. The van der Waals surface area contributed by atoms with Crippen molar-refractivity contribution in [3.05, 3.63) is 96.6 Å². The highest BCUT2D eigenvalue weighted by atomic mass is 32.1. The maximum absolute atomic E-state index is 5.68. The van der Waals surface area contributed by atoms with Crippen LogP contribution in [0.2, 0.25) is 0 Å². The number of para-hydroxylation sites is 2. The number of hydrogen-bond donors (Lipinski definition) is 1. The van der Waals surface area contributed by atoms with Crippen molar-refractivity contribution in [2.24, 2.45) is 0 Å². The van der Waals surface area contributed by atoms with Gasteiger partial charge in [-0.2, -0.15) is 0 Å². The van der Waals surface area contributed by atoms with Gasteiger partial charge in [-0.05, 0) is 77.9 Å². The number of aromatic nitrogens is 2. The molecule has 0 saturated heterocycles. The molecule has 0 atom stereocenters. The van der Waals surface area contributed by atoms with E-state index in [0.717, 1.165) is 5.69 Å². The molecule has 0 unspecified atom stereocenters. The van der Waals surface area contributed by atoms with Gasteiger partial charge in [0, 0.05) is 23.1 Å². The predicted molar refractivity (Wildman–Crippen MR) is 170 cm³/mol. The number of hydrogen-bond acceptors (Lipinski definition) is 3. The SMILES string of the molecule is C#CNc1ccc2c(c1)B1c3cc(C)ccc3-n3c4ccccc4sc4cc5sc6ccccc6n-2c5c1c43. The molecule has 3 nitrogen and oxygen atoms in total. The van der Waals surface area contributed by atoms with Crippen LogP contribution >= 0.6 is 22.7 Å². The summed E-state index contributed by atoms with van der Waals surface area (Å²) in [5.74, 6) is 0. The highest BCUT2D eigenvalue weighted by Crippen LogP contribution is 2.40. The molecule has 0 radical (unpaired) electrons. The predicted octanol–water partition coefficient (Wildman–Crippen LogP) is 6.58. The van der Waals surface area contributed by atoms with E-state index in [2.05, 4.69) is 118 Å². The van der Waals surface area contributed by atoms with Gasteiger partial charge in [-0.1, -0.05) is 48.4 Å². The molecular formula is C33H20BN3S2. The number of nitrogens with zero attached hydrogens (tertiary/aromatic N) is 2. The molecule has 1 N–H and O–H groups in total. The van der Waals surface area contributed by atoms with E-state index < -0.39 is 0 Å². The zero-order valence-electron chi connectivity index (χ0n) is 21.0. The number of nitrogens with one attached hydrogen (secondary N) is 1. The molecule has 0 spiro atoms. The number of anilines is 1. The molecule has 2 aromatic heterocycles. The Balaban J connectivity index is 1.61. The molecule has 0 bridgehead atoms. The summed E-state index contributed by atoms with van der Waals surface area (Å²) in [6.45, 7) is 2.29. The summed E-state index contributed by atoms with van der Waals surface area (Å²) >= 11 is 3.78. The normalized spacial score (nSPS) is 12.7. The van der Waals surface area contributed by atoms with E-state index in [9.17, 15) is 0 Å². The molecule has 5 aromatic carbocycles. The van der Waals surface area contributed by atoms with Gasteiger partial charge >= 0.3 is 0 Å². The maximum atomic E-state index is 5.68. The first-order valence-corrected chi connectivity index (χ1v) is 14.7. The summed E-state index contributed by atoms with van der Waals surface area (Å²) in [6.07, 6.45) is 5.68. The van der Waals surface area contributed by atoms with Crippen molar-refractivity contribution < 1.29 is 0 Å². The van der Waals surface area contributed by atoms with Crippen LogP contribution in [0.1, 0.15) is 5.56 Å². The Labute approximate surface area is 233 Å². The van der Waals surface area contributed by atoms with Crippen LogP contribution in [0.25, 0.3) is 52.2 Å². The van der Waals surface area contributed by atoms with Gasteiger partial charge in [-0.25, -0.2) is 0 Å². The van der Waals surface area contributed by atoms with Crippen molar-refractivity contribution in [3.8, 4) is 23.8 Å². The highest BCUT2D eigenvalue weighted by Gasteiger charge is 2.40. The Morgan fingerprint density at radius 3 is 1.92 bits per heavy atom. The van der Waals surface area contributed by atoms with Gasteiger partial charge in [0.2, 0.25) is 0 Å². The van der Waals surface area contributed by atoms with E-state index in [-0.39, 0.29) is 6.71 Å². The van der Waals surface area contributed by atoms with Gasteiger partial charge in [0.15, 0.2) is 0 Å². The summed E-state index contributed by atoms with van der Waals surface area (Å²) in [5, 5.41) is 3.12. The number of rotatable bonds is 1. The van der Waals surface area contributed by atoms with Gasteiger partial charge in [0.25, 0.3) is 6.71 Å². The molecule has 0 fully saturated rings. The zero-order valence-corrected chi connectivity index (χ0v) is 22.7. The van der Waals surface area contributed by atoms with Crippen LogP contribution in [0.3, 0.4) is 0 Å². The Morgan fingerprint density at radius 2 is 1.28 bits per heavy atom. The summed E-state index contributed by atoms with van der Waals surface area (Å²) in [7, 11) is 0. The molecule has 2 aliphatic rings. The first-order chi connectivity index (χ1) is 19.2. The lowest BCUT2D eigenvalue weighted by Gasteiger charge is -2.36. The van der Waals surface area contributed by atoms with E-state index >= 15 is 0 Å². The highest BCUT2D eigenvalue weighted by molar-refractivity contribution is 7.27. The summed E-state index contributed by atoms with van der Waals surface area (Å²) in [5.41, 5.74) is 13.8. The van der Waals surface area contributed by atoms with Crippen LogP contribution in [-0.2, 0) is 0 Å². The van der Waals surface area contributed by atoms with Crippen molar-refractivity contribution in [2.45, 2.75) is 6.92 Å². The largest absolute Gasteiger partial charge is 0.315 e. The standard InChI is InChI=1S/C33H20BN3S2/c1-3-35-20-13-15-24-22(17-20)34-21-16-19(2)12-14-23(21)36-25-8-4-6-10-27(25)38-29-18-30-33(31(34)32(29)36)37(24)26-9-5-7-11-28(26)39-30/h1,4-18,35H,2H3. The van der Waals surface area contributed by atoms with Crippen LogP contribution in [-0.4, -0.2) is 15.8 Å². The van der Waals surface area contributed by atoms with E-state index in [4.69, 9.17) is 6.42 Å². The van der Waals surface area contributed by atoms with E-state index in [1.165, 1.54) is 74.2 Å². The lowest BCUT2D eigenvalue weighted by atomic mass is 9.34. The first kappa shape index (κ1) is 21.5. The fourth-order valence-corrected chi connectivity index (χ4v) is 9.02. The molecule has 4 heterocycles. The summed E-state index contributed by atoms with van der Waals surface area (Å²) in [4.78, 5) is 0. The van der Waals surface area contributed by atoms with Crippen molar-refractivity contribution in [3.63, 3.8) is 0 Å². The van der Waals surface area contributed by atoms with Crippen molar-refractivity contribution in [1.29, 1.82) is 0 Å². The second-order valence-corrected chi connectivity index (χ2v) is 12.5. The van der Waals surface area contributed by atoms with E-state index in [1.54, 1.807) is 0 Å². The van der Waals surface area contributed by atoms with Crippen LogP contribution < -0.4 is 21.7 Å². The van der Waals surface area contributed by atoms with E-state index in [0.29, 0.717) is 0 Å². The second-order valence-electron chi connectivity index (χ2n) is 10.3. The minimum absolute atomic E-state index is 0.0994. The van der Waals surface area contributed by atoms with Crippen LogP contribution in [0.4, 0.5) is 5.69 Å². The smallest absolute Gasteiger partial charge is 0.252 e. The van der Waals surface area contributed by atoms with Crippen molar-refractivity contribution in [2.75, 3.05) is 5.32 Å². The van der Waals surface area contributed by atoms with Crippen LogP contribution in [0.15, 0.2) is 91.0 Å². The van der Waals surface area contributed by atoms with Crippen molar-refractivity contribution in [1.82, 2.24) is 9.13 Å². The zero-order chi connectivity index (χ0) is 25.8. The Hall–Kier alpha value is -4.44. The molecular weight excluding hydrogens is 513 g/mol. The van der Waals surface area contributed by atoms with Gasteiger partial charge in [0.1, 0.15) is 0 Å². The lowest BCUT2D eigenvalue weighted by molar-refractivity contribution is 1.15. The molecule has 9 rings (SSSR count). The van der Waals surface area contributed by atoms with E-state index in [1.807, 2.05) is 22.7 Å². The Morgan fingerprint density at radius 1 is 0.692 bits per heavy atom. The van der Waals surface area contributed by atoms with Gasteiger partial charge in [-0.3, -0.25) is 0 Å². The third-order valence-corrected chi connectivity index (χ3v) is 10.4. The minimum atomic E-state index is 0.0994. The summed E-state index contributed by atoms with van der Waals surface area (Å²) in [6, 6.07) is 36.1. The lowest BCUT2D eigenvalue weighted by Crippen LogP contribution is -2.59. The minimum Gasteiger partial charge on any atom is -0.315 e. The number of fused-ring (bicyclic) bond motifs is 10. The Kier molecular flexibility index (Phi) is 4.17. The Bertz CT molecular complexity index is 2310. The average Bonchev–Trinajstić information content (AvgIpc) is 2.96. The molecule has 7 aromatic rings. The molecule has 39 heavy (non-hydrogen) atoms. The molecule has 6 heteroatoms. The third-order valence-electron chi connectivity index (χ3n) is 8.16. The topological polar surface area (TPSA) is 21.9 Å². The fourth-order valence-electron chi connectivity index (χ4n) is 6.70. The molecule has 0 amide bonds. The first-order valence-electron chi connectivity index (χ1n) is 13.0. The quantitative estimate of drug-likeness (QED) is 0.110. The van der Waals surface area contributed by atoms with Crippen molar-refractivity contribution >= 4 is 92.3 Å². The van der Waals surface area contributed by atoms with Crippen LogP contribution in [0.5, 0.6) is 0 Å². The van der Waals surface area contributed by atoms with Gasteiger partial charge in [0.05, 0.1) is 40.9 Å².